The maximum Gasteiger partial charge on any atom is 0.296 e. The van der Waals surface area contributed by atoms with Gasteiger partial charge in [0.25, 0.3) is 11.7 Å². The van der Waals surface area contributed by atoms with E-state index in [-0.39, 0.29) is 0 Å². The second kappa shape index (κ2) is 6.22. The molecule has 0 aliphatic rings. The molecule has 1 N–H and O–H groups in total. The summed E-state index contributed by atoms with van der Waals surface area (Å²) >= 11 is 0. The summed E-state index contributed by atoms with van der Waals surface area (Å²) in [7, 11) is 1.73. The Labute approximate surface area is 128 Å². The first kappa shape index (κ1) is 15.4. The van der Waals surface area contributed by atoms with Crippen LogP contribution in [0, 0.1) is 25.2 Å². The summed E-state index contributed by atoms with van der Waals surface area (Å²) in [5, 5.41) is 15.3. The van der Waals surface area contributed by atoms with Crippen molar-refractivity contribution in [1.82, 2.24) is 9.78 Å². The molecule has 1 aromatic carbocycles. The number of benzene rings is 1. The van der Waals surface area contributed by atoms with E-state index < -0.39 is 11.7 Å². The van der Waals surface area contributed by atoms with Crippen LogP contribution < -0.4 is 5.32 Å². The highest BCUT2D eigenvalue weighted by atomic mass is 16.2. The third-order valence-electron chi connectivity index (χ3n) is 3.44. The largest absolute Gasteiger partial charge is 0.319 e. The molecular formula is C16H16N4O2. The minimum absolute atomic E-state index is 0.307. The molecule has 0 aliphatic heterocycles. The molecule has 0 bridgehead atoms. The summed E-state index contributed by atoms with van der Waals surface area (Å²) < 4.78 is 1.58. The Balaban J connectivity index is 2.15. The van der Waals surface area contributed by atoms with Gasteiger partial charge in [0.1, 0.15) is 0 Å². The van der Waals surface area contributed by atoms with Crippen LogP contribution in [0.25, 0.3) is 0 Å². The predicted molar refractivity (Wildman–Crippen MR) is 81.4 cm³/mol. The highest BCUT2D eigenvalue weighted by Crippen LogP contribution is 2.15. The van der Waals surface area contributed by atoms with Crippen LogP contribution in [0.3, 0.4) is 0 Å². The van der Waals surface area contributed by atoms with Crippen LogP contribution in [-0.4, -0.2) is 21.5 Å². The Morgan fingerprint density at radius 1 is 1.27 bits per heavy atom. The first-order valence-corrected chi connectivity index (χ1v) is 6.75. The number of carbonyl (C=O) groups is 2. The zero-order valence-electron chi connectivity index (χ0n) is 12.7. The monoisotopic (exact) mass is 296 g/mol. The van der Waals surface area contributed by atoms with Crippen molar-refractivity contribution in [1.29, 1.82) is 5.26 Å². The standard InChI is InChI=1S/C16H16N4O2/c1-10-14(11(2)20(3)19-10)15(21)16(22)18-13-6-4-12(5-7-13)8-9-17/h4-7H,8H2,1-3H3,(H,18,22). The number of rotatable bonds is 4. The highest BCUT2D eigenvalue weighted by Gasteiger charge is 2.23. The normalized spacial score (nSPS) is 10.1. The highest BCUT2D eigenvalue weighted by molar-refractivity contribution is 6.47. The summed E-state index contributed by atoms with van der Waals surface area (Å²) in [6.07, 6.45) is 0.307. The molecule has 1 heterocycles. The number of anilines is 1. The fourth-order valence-electron chi connectivity index (χ4n) is 2.20. The van der Waals surface area contributed by atoms with Crippen molar-refractivity contribution in [2.24, 2.45) is 7.05 Å². The zero-order chi connectivity index (χ0) is 16.3. The van der Waals surface area contributed by atoms with Crippen LogP contribution in [0.15, 0.2) is 24.3 Å². The molecule has 0 spiro atoms. The van der Waals surface area contributed by atoms with Crippen LogP contribution in [0.4, 0.5) is 5.69 Å². The number of nitrogens with zero attached hydrogens (tertiary/aromatic N) is 3. The molecule has 0 fully saturated rings. The van der Waals surface area contributed by atoms with E-state index in [1.165, 1.54) is 0 Å². The van der Waals surface area contributed by atoms with Crippen LogP contribution in [0.1, 0.15) is 27.3 Å². The van der Waals surface area contributed by atoms with Gasteiger partial charge in [0, 0.05) is 18.4 Å². The van der Waals surface area contributed by atoms with E-state index >= 15 is 0 Å². The number of nitrogens with one attached hydrogen (secondary N) is 1. The SMILES string of the molecule is Cc1nn(C)c(C)c1C(=O)C(=O)Nc1ccc(CC#N)cc1. The molecule has 1 aromatic heterocycles. The summed E-state index contributed by atoms with van der Waals surface area (Å²) in [6, 6.07) is 8.86. The van der Waals surface area contributed by atoms with Crippen LogP contribution in [0.5, 0.6) is 0 Å². The first-order chi connectivity index (χ1) is 10.4. The third-order valence-corrected chi connectivity index (χ3v) is 3.44. The van der Waals surface area contributed by atoms with Gasteiger partial charge in [-0.3, -0.25) is 14.3 Å². The first-order valence-electron chi connectivity index (χ1n) is 6.75. The topological polar surface area (TPSA) is 87.8 Å². The predicted octanol–water partition coefficient (Wildman–Crippen LogP) is 1.92. The molecule has 0 unspecified atom stereocenters. The van der Waals surface area contributed by atoms with Gasteiger partial charge in [0.2, 0.25) is 0 Å². The van der Waals surface area contributed by atoms with Gasteiger partial charge in [-0.1, -0.05) is 12.1 Å². The number of aryl methyl sites for hydroxylation is 2. The summed E-state index contributed by atoms with van der Waals surface area (Å²) in [5.41, 5.74) is 2.89. The third kappa shape index (κ3) is 3.04. The minimum Gasteiger partial charge on any atom is -0.319 e. The maximum atomic E-state index is 12.3. The lowest BCUT2D eigenvalue weighted by atomic mass is 10.1. The molecule has 2 aromatic rings. The zero-order valence-corrected chi connectivity index (χ0v) is 12.7. The van der Waals surface area contributed by atoms with Gasteiger partial charge in [-0.2, -0.15) is 10.4 Å². The fourth-order valence-corrected chi connectivity index (χ4v) is 2.20. The molecule has 0 atom stereocenters. The quantitative estimate of drug-likeness (QED) is 0.689. The Morgan fingerprint density at radius 2 is 1.91 bits per heavy atom. The van der Waals surface area contributed by atoms with Crippen molar-refractivity contribution in [2.45, 2.75) is 20.3 Å². The molecule has 0 saturated carbocycles. The van der Waals surface area contributed by atoms with E-state index in [0.29, 0.717) is 29.1 Å². The number of carbonyl (C=O) groups excluding carboxylic acids is 2. The van der Waals surface area contributed by atoms with Gasteiger partial charge < -0.3 is 5.32 Å². The fraction of sp³-hybridized carbons (Fsp3) is 0.250. The Kier molecular flexibility index (Phi) is 4.37. The Morgan fingerprint density at radius 3 is 2.41 bits per heavy atom. The molecule has 1 amide bonds. The van der Waals surface area contributed by atoms with Crippen LogP contribution in [0.2, 0.25) is 0 Å². The van der Waals surface area contributed by atoms with E-state index in [1.54, 1.807) is 49.8 Å². The Hall–Kier alpha value is -2.94. The van der Waals surface area contributed by atoms with E-state index in [0.717, 1.165) is 5.56 Å². The van der Waals surface area contributed by atoms with Crippen molar-refractivity contribution in [3.63, 3.8) is 0 Å². The molecule has 22 heavy (non-hydrogen) atoms. The molecule has 0 radical (unpaired) electrons. The van der Waals surface area contributed by atoms with Crippen molar-refractivity contribution < 1.29 is 9.59 Å². The number of amides is 1. The maximum absolute atomic E-state index is 12.3. The summed E-state index contributed by atoms with van der Waals surface area (Å²) in [5.74, 6) is -1.31. The average molecular weight is 296 g/mol. The smallest absolute Gasteiger partial charge is 0.296 e. The van der Waals surface area contributed by atoms with Gasteiger partial charge in [-0.25, -0.2) is 0 Å². The number of nitriles is 1. The van der Waals surface area contributed by atoms with Gasteiger partial charge in [0.05, 0.1) is 23.7 Å². The molecule has 0 aliphatic carbocycles. The van der Waals surface area contributed by atoms with Gasteiger partial charge in [0.15, 0.2) is 0 Å². The molecule has 6 heteroatoms. The van der Waals surface area contributed by atoms with Crippen molar-refractivity contribution >= 4 is 17.4 Å². The summed E-state index contributed by atoms with van der Waals surface area (Å²) in [6.45, 7) is 3.45. The number of hydrogen-bond donors (Lipinski definition) is 1. The van der Waals surface area contributed by atoms with Crippen molar-refractivity contribution in [2.75, 3.05) is 5.32 Å². The number of Topliss-reactive ketones (excluding diaryl/α,β-unsaturated/α-hetero) is 1. The van der Waals surface area contributed by atoms with E-state index in [4.69, 9.17) is 5.26 Å². The van der Waals surface area contributed by atoms with Crippen LogP contribution in [-0.2, 0) is 18.3 Å². The van der Waals surface area contributed by atoms with Crippen LogP contribution >= 0.6 is 0 Å². The molecule has 6 nitrogen and oxygen atoms in total. The molecule has 112 valence electrons. The molecule has 2 rings (SSSR count). The lowest BCUT2D eigenvalue weighted by Gasteiger charge is -2.05. The van der Waals surface area contributed by atoms with Gasteiger partial charge in [-0.15, -0.1) is 0 Å². The van der Waals surface area contributed by atoms with E-state index in [9.17, 15) is 9.59 Å². The van der Waals surface area contributed by atoms with E-state index in [1.807, 2.05) is 6.07 Å². The summed E-state index contributed by atoms with van der Waals surface area (Å²) in [4.78, 5) is 24.4. The number of aromatic nitrogens is 2. The molecule has 0 saturated heterocycles. The van der Waals surface area contributed by atoms with Crippen molar-refractivity contribution in [3.8, 4) is 6.07 Å². The average Bonchev–Trinajstić information content (AvgIpc) is 2.74. The second-order valence-electron chi connectivity index (χ2n) is 4.98. The number of hydrogen-bond acceptors (Lipinski definition) is 4. The lowest BCUT2D eigenvalue weighted by molar-refractivity contribution is -0.112. The van der Waals surface area contributed by atoms with Gasteiger partial charge in [-0.05, 0) is 31.5 Å². The number of ketones is 1. The van der Waals surface area contributed by atoms with Crippen molar-refractivity contribution in [3.05, 3.63) is 46.8 Å². The Bertz CT molecular complexity index is 767. The molecular weight excluding hydrogens is 280 g/mol. The lowest BCUT2D eigenvalue weighted by Crippen LogP contribution is -2.24. The van der Waals surface area contributed by atoms with E-state index in [2.05, 4.69) is 10.4 Å². The minimum atomic E-state index is -0.702. The van der Waals surface area contributed by atoms with Gasteiger partial charge >= 0.3 is 0 Å². The second-order valence-corrected chi connectivity index (χ2v) is 4.98.